The lowest BCUT2D eigenvalue weighted by atomic mass is 9.89. The van der Waals surface area contributed by atoms with E-state index < -0.39 is 0 Å². The van der Waals surface area contributed by atoms with Gasteiger partial charge in [0.15, 0.2) is 5.78 Å². The molecule has 0 spiro atoms. The van der Waals surface area contributed by atoms with E-state index in [2.05, 4.69) is 26.9 Å². The molecule has 142 valence electrons. The molecular formula is C21H21N5O2. The average Bonchev–Trinajstić information content (AvgIpc) is 3.27. The first-order valence-electron chi connectivity index (χ1n) is 9.47. The molecule has 28 heavy (non-hydrogen) atoms. The van der Waals surface area contributed by atoms with Crippen molar-refractivity contribution in [1.29, 1.82) is 0 Å². The van der Waals surface area contributed by atoms with Gasteiger partial charge in [0.05, 0.1) is 5.69 Å². The Bertz CT molecular complexity index is 998. The van der Waals surface area contributed by atoms with Gasteiger partial charge < -0.3 is 5.32 Å². The highest BCUT2D eigenvalue weighted by Crippen LogP contribution is 2.23. The molecule has 4 rings (SSSR count). The molecule has 1 aromatic heterocycles. The zero-order valence-electron chi connectivity index (χ0n) is 15.5. The minimum atomic E-state index is -0.194. The molecule has 0 saturated carbocycles. The lowest BCUT2D eigenvalue weighted by molar-refractivity contribution is -0.116. The van der Waals surface area contributed by atoms with Gasteiger partial charge in [0.25, 0.3) is 0 Å². The zero-order chi connectivity index (χ0) is 19.3. The Morgan fingerprint density at radius 1 is 1.00 bits per heavy atom. The Kier molecular flexibility index (Phi) is 5.23. The predicted molar refractivity (Wildman–Crippen MR) is 104 cm³/mol. The molecule has 0 bridgehead atoms. The van der Waals surface area contributed by atoms with Crippen molar-refractivity contribution in [2.75, 3.05) is 5.32 Å². The van der Waals surface area contributed by atoms with E-state index in [4.69, 9.17) is 0 Å². The molecular weight excluding hydrogens is 354 g/mol. The fourth-order valence-electron chi connectivity index (χ4n) is 3.51. The van der Waals surface area contributed by atoms with Gasteiger partial charge in [-0.05, 0) is 71.5 Å². The molecule has 3 aromatic rings. The van der Waals surface area contributed by atoms with Crippen LogP contribution in [0.5, 0.6) is 0 Å². The number of nitrogens with one attached hydrogen (secondary N) is 1. The highest BCUT2D eigenvalue weighted by atomic mass is 16.2. The number of benzene rings is 2. The largest absolute Gasteiger partial charge is 0.326 e. The van der Waals surface area contributed by atoms with E-state index in [0.29, 0.717) is 11.3 Å². The van der Waals surface area contributed by atoms with Crippen molar-refractivity contribution in [1.82, 2.24) is 20.2 Å². The number of carbonyl (C=O) groups is 2. The first kappa shape index (κ1) is 18.0. The summed E-state index contributed by atoms with van der Waals surface area (Å²) in [6, 6.07) is 13.2. The summed E-state index contributed by atoms with van der Waals surface area (Å²) in [4.78, 5) is 24.8. The number of tetrazole rings is 1. The zero-order valence-corrected chi connectivity index (χ0v) is 15.5. The smallest absolute Gasteiger partial charge is 0.224 e. The summed E-state index contributed by atoms with van der Waals surface area (Å²) < 4.78 is 1.51. The van der Waals surface area contributed by atoms with Gasteiger partial charge in [0.2, 0.25) is 5.91 Å². The van der Waals surface area contributed by atoms with E-state index in [9.17, 15) is 9.59 Å². The Labute approximate surface area is 162 Å². The maximum atomic E-state index is 12.5. The average molecular weight is 375 g/mol. The van der Waals surface area contributed by atoms with Gasteiger partial charge >= 0.3 is 0 Å². The van der Waals surface area contributed by atoms with Crippen LogP contribution in [0.1, 0.15) is 47.2 Å². The minimum Gasteiger partial charge on any atom is -0.326 e. The third-order valence-corrected chi connectivity index (χ3v) is 4.99. The molecule has 7 heteroatoms. The number of hydrogen-bond donors (Lipinski definition) is 1. The summed E-state index contributed by atoms with van der Waals surface area (Å²) in [7, 11) is 0. The number of rotatable bonds is 6. The highest BCUT2D eigenvalue weighted by Gasteiger charge is 2.14. The number of fused-ring (bicyclic) bond motifs is 1. The van der Waals surface area contributed by atoms with E-state index >= 15 is 0 Å². The molecule has 1 aliphatic rings. The second kappa shape index (κ2) is 8.12. The first-order chi connectivity index (χ1) is 13.7. The number of amides is 1. The monoisotopic (exact) mass is 375 g/mol. The second-order valence-electron chi connectivity index (χ2n) is 6.97. The van der Waals surface area contributed by atoms with Crippen LogP contribution < -0.4 is 5.32 Å². The van der Waals surface area contributed by atoms with E-state index in [1.165, 1.54) is 35.0 Å². The van der Waals surface area contributed by atoms with Crippen molar-refractivity contribution in [3.8, 4) is 5.69 Å². The van der Waals surface area contributed by atoms with Crippen LogP contribution in [-0.4, -0.2) is 31.9 Å². The number of nitrogens with zero attached hydrogens (tertiary/aromatic N) is 4. The SMILES string of the molecule is O=C(CCC(=O)c1ccc2c(c1)CCCC2)Nc1cccc(-n2cnnn2)c1. The summed E-state index contributed by atoms with van der Waals surface area (Å²) in [6.45, 7) is 0. The Morgan fingerprint density at radius 2 is 1.86 bits per heavy atom. The fourth-order valence-corrected chi connectivity index (χ4v) is 3.51. The van der Waals surface area contributed by atoms with E-state index in [1.54, 1.807) is 12.1 Å². The lowest BCUT2D eigenvalue weighted by Crippen LogP contribution is -2.14. The maximum Gasteiger partial charge on any atom is 0.224 e. The molecule has 1 aliphatic carbocycles. The second-order valence-corrected chi connectivity index (χ2v) is 6.97. The van der Waals surface area contributed by atoms with Crippen LogP contribution >= 0.6 is 0 Å². The molecule has 1 amide bonds. The molecule has 0 saturated heterocycles. The van der Waals surface area contributed by atoms with Crippen molar-refractivity contribution in [2.45, 2.75) is 38.5 Å². The Hall–Kier alpha value is -3.35. The quantitative estimate of drug-likeness (QED) is 0.669. The molecule has 0 fully saturated rings. The molecule has 0 aliphatic heterocycles. The summed E-state index contributed by atoms with van der Waals surface area (Å²) in [5.41, 5.74) is 4.71. The van der Waals surface area contributed by atoms with Crippen LogP contribution in [0, 0.1) is 0 Å². The van der Waals surface area contributed by atoms with Gasteiger partial charge in [-0.15, -0.1) is 5.10 Å². The van der Waals surface area contributed by atoms with Gasteiger partial charge in [-0.1, -0.05) is 18.2 Å². The molecule has 0 unspecified atom stereocenters. The Morgan fingerprint density at radius 3 is 2.68 bits per heavy atom. The predicted octanol–water partition coefficient (Wildman–Crippen LogP) is 3.14. The van der Waals surface area contributed by atoms with Gasteiger partial charge in [-0.2, -0.15) is 0 Å². The number of Topliss-reactive ketones (excluding diaryl/α,β-unsaturated/α-hetero) is 1. The summed E-state index contributed by atoms with van der Waals surface area (Å²) in [5.74, 6) is -0.189. The van der Waals surface area contributed by atoms with Crippen LogP contribution in [0.3, 0.4) is 0 Å². The number of aromatic nitrogens is 4. The van der Waals surface area contributed by atoms with Crippen molar-refractivity contribution < 1.29 is 9.59 Å². The third kappa shape index (κ3) is 4.14. The van der Waals surface area contributed by atoms with Crippen molar-refractivity contribution in [3.63, 3.8) is 0 Å². The van der Waals surface area contributed by atoms with Crippen LogP contribution in [0.25, 0.3) is 5.69 Å². The highest BCUT2D eigenvalue weighted by molar-refractivity contribution is 6.00. The van der Waals surface area contributed by atoms with E-state index in [1.807, 2.05) is 24.3 Å². The first-order valence-corrected chi connectivity index (χ1v) is 9.47. The standard InChI is InChI=1S/C21H21N5O2/c27-20(17-9-8-15-4-1-2-5-16(15)12-17)10-11-21(28)23-18-6-3-7-19(13-18)26-14-22-24-25-26/h3,6-9,12-14H,1-2,4-5,10-11H2,(H,23,28). The molecule has 1 N–H and O–H groups in total. The molecule has 7 nitrogen and oxygen atoms in total. The van der Waals surface area contributed by atoms with Gasteiger partial charge in [-0.3, -0.25) is 9.59 Å². The number of aryl methyl sites for hydroxylation is 2. The van der Waals surface area contributed by atoms with Gasteiger partial charge in [0, 0.05) is 24.1 Å². The number of anilines is 1. The molecule has 1 heterocycles. The summed E-state index contributed by atoms with van der Waals surface area (Å²) in [5, 5.41) is 13.9. The van der Waals surface area contributed by atoms with Crippen molar-refractivity contribution >= 4 is 17.4 Å². The van der Waals surface area contributed by atoms with Crippen LogP contribution in [0.15, 0.2) is 48.8 Å². The fraction of sp³-hybridized carbons (Fsp3) is 0.286. The summed E-state index contributed by atoms with van der Waals surface area (Å²) >= 11 is 0. The summed E-state index contributed by atoms with van der Waals surface area (Å²) in [6.07, 6.45) is 6.34. The van der Waals surface area contributed by atoms with Gasteiger partial charge in [-0.25, -0.2) is 4.68 Å². The lowest BCUT2D eigenvalue weighted by Gasteiger charge is -2.16. The molecule has 0 atom stereocenters. The number of ketones is 1. The van der Waals surface area contributed by atoms with E-state index in [-0.39, 0.29) is 24.5 Å². The third-order valence-electron chi connectivity index (χ3n) is 4.99. The van der Waals surface area contributed by atoms with Crippen LogP contribution in [0.4, 0.5) is 5.69 Å². The van der Waals surface area contributed by atoms with Crippen molar-refractivity contribution in [3.05, 3.63) is 65.5 Å². The van der Waals surface area contributed by atoms with Crippen molar-refractivity contribution in [2.24, 2.45) is 0 Å². The topological polar surface area (TPSA) is 89.8 Å². The van der Waals surface area contributed by atoms with Gasteiger partial charge in [0.1, 0.15) is 6.33 Å². The number of hydrogen-bond acceptors (Lipinski definition) is 5. The maximum absolute atomic E-state index is 12.5. The molecule has 2 aromatic carbocycles. The van der Waals surface area contributed by atoms with E-state index in [0.717, 1.165) is 18.5 Å². The molecule has 0 radical (unpaired) electrons. The van der Waals surface area contributed by atoms with Crippen LogP contribution in [-0.2, 0) is 17.6 Å². The minimum absolute atomic E-state index is 0.00552. The normalized spacial score (nSPS) is 13.0. The van der Waals surface area contributed by atoms with Crippen LogP contribution in [0.2, 0.25) is 0 Å². The number of carbonyl (C=O) groups excluding carboxylic acids is 2. The Balaban J connectivity index is 1.34.